The van der Waals surface area contributed by atoms with E-state index in [2.05, 4.69) is 5.32 Å². The van der Waals surface area contributed by atoms with E-state index >= 15 is 0 Å². The second-order valence-electron chi connectivity index (χ2n) is 3.84. The molecule has 0 aromatic heterocycles. The Morgan fingerprint density at radius 1 is 1.37 bits per heavy atom. The highest BCUT2D eigenvalue weighted by Gasteiger charge is 1.98. The standard InChI is InChI=1S/C14H18FNO2S/c15-13-5-2-1-4-12(13)6-7-14(18)16-8-11-19-10-3-9-17/h1-2,4-7,17H,3,8-11H2,(H,16,18)/b7-6+. The molecule has 0 unspecified atom stereocenters. The molecule has 0 fully saturated rings. The number of carbonyl (C=O) groups excluding carboxylic acids is 1. The Labute approximate surface area is 116 Å². The average Bonchev–Trinajstić information content (AvgIpc) is 2.42. The van der Waals surface area contributed by atoms with Gasteiger partial charge >= 0.3 is 0 Å². The third-order valence-electron chi connectivity index (χ3n) is 2.31. The van der Waals surface area contributed by atoms with E-state index in [1.54, 1.807) is 30.0 Å². The quantitative estimate of drug-likeness (QED) is 0.567. The fourth-order valence-corrected chi connectivity index (χ4v) is 2.13. The maximum absolute atomic E-state index is 13.3. The number of hydrogen-bond acceptors (Lipinski definition) is 3. The number of benzene rings is 1. The van der Waals surface area contributed by atoms with Crippen LogP contribution in [0.25, 0.3) is 6.08 Å². The van der Waals surface area contributed by atoms with Crippen molar-refractivity contribution < 1.29 is 14.3 Å². The number of thioether (sulfide) groups is 1. The Morgan fingerprint density at radius 2 is 2.16 bits per heavy atom. The van der Waals surface area contributed by atoms with Crippen molar-refractivity contribution in [1.29, 1.82) is 0 Å². The molecule has 0 bridgehead atoms. The largest absolute Gasteiger partial charge is 0.396 e. The molecule has 3 nitrogen and oxygen atoms in total. The summed E-state index contributed by atoms with van der Waals surface area (Å²) in [6.45, 7) is 0.765. The molecule has 104 valence electrons. The maximum atomic E-state index is 13.3. The van der Waals surface area contributed by atoms with Gasteiger partial charge in [-0.2, -0.15) is 11.8 Å². The molecule has 0 aliphatic rings. The van der Waals surface area contributed by atoms with Crippen molar-refractivity contribution >= 4 is 23.7 Å². The lowest BCUT2D eigenvalue weighted by atomic mass is 10.2. The molecular weight excluding hydrogens is 265 g/mol. The molecule has 0 aliphatic carbocycles. The normalized spacial score (nSPS) is 10.8. The van der Waals surface area contributed by atoms with Gasteiger partial charge in [-0.15, -0.1) is 0 Å². The van der Waals surface area contributed by atoms with Crippen LogP contribution < -0.4 is 5.32 Å². The Bertz CT molecular complexity index is 424. The first-order valence-corrected chi connectivity index (χ1v) is 7.28. The van der Waals surface area contributed by atoms with Gasteiger partial charge in [0, 0.05) is 30.5 Å². The summed E-state index contributed by atoms with van der Waals surface area (Å²) in [5, 5.41) is 11.3. The molecule has 0 spiro atoms. The summed E-state index contributed by atoms with van der Waals surface area (Å²) in [5.41, 5.74) is 0.398. The second-order valence-corrected chi connectivity index (χ2v) is 5.06. The van der Waals surface area contributed by atoms with Crippen molar-refractivity contribution in [3.05, 3.63) is 41.7 Å². The molecule has 0 heterocycles. The Hall–Kier alpha value is -1.33. The van der Waals surface area contributed by atoms with E-state index in [9.17, 15) is 9.18 Å². The Kier molecular flexibility index (Phi) is 7.93. The lowest BCUT2D eigenvalue weighted by Gasteiger charge is -2.02. The molecule has 0 atom stereocenters. The van der Waals surface area contributed by atoms with Gasteiger partial charge in [0.25, 0.3) is 0 Å². The molecule has 0 aliphatic heterocycles. The van der Waals surface area contributed by atoms with Crippen LogP contribution in [0.4, 0.5) is 4.39 Å². The lowest BCUT2D eigenvalue weighted by Crippen LogP contribution is -2.23. The SMILES string of the molecule is O=C(/C=C/c1ccccc1F)NCCSCCCO. The van der Waals surface area contributed by atoms with E-state index in [-0.39, 0.29) is 18.3 Å². The lowest BCUT2D eigenvalue weighted by molar-refractivity contribution is -0.116. The van der Waals surface area contributed by atoms with Gasteiger partial charge < -0.3 is 10.4 Å². The fourth-order valence-electron chi connectivity index (χ4n) is 1.35. The average molecular weight is 283 g/mol. The molecule has 0 radical (unpaired) electrons. The Morgan fingerprint density at radius 3 is 2.89 bits per heavy atom. The molecule has 0 saturated heterocycles. The van der Waals surface area contributed by atoms with Crippen molar-refractivity contribution in [2.75, 3.05) is 24.7 Å². The summed E-state index contributed by atoms with van der Waals surface area (Å²) < 4.78 is 13.3. The van der Waals surface area contributed by atoms with Gasteiger partial charge in [-0.05, 0) is 24.3 Å². The minimum Gasteiger partial charge on any atom is -0.396 e. The summed E-state index contributed by atoms with van der Waals surface area (Å²) in [5.74, 6) is 1.12. The maximum Gasteiger partial charge on any atom is 0.244 e. The van der Waals surface area contributed by atoms with Gasteiger partial charge in [0.05, 0.1) is 0 Å². The van der Waals surface area contributed by atoms with Gasteiger partial charge in [0.1, 0.15) is 5.82 Å². The van der Waals surface area contributed by atoms with Gasteiger partial charge in [-0.25, -0.2) is 4.39 Å². The molecule has 1 rings (SSSR count). The number of aliphatic hydroxyl groups is 1. The van der Waals surface area contributed by atoms with E-state index in [1.807, 2.05) is 0 Å². The predicted molar refractivity (Wildman–Crippen MR) is 77.5 cm³/mol. The van der Waals surface area contributed by atoms with E-state index < -0.39 is 0 Å². The highest BCUT2D eigenvalue weighted by Crippen LogP contribution is 2.07. The summed E-state index contributed by atoms with van der Waals surface area (Å²) in [6, 6.07) is 6.30. The van der Waals surface area contributed by atoms with Gasteiger partial charge in [-0.1, -0.05) is 18.2 Å². The summed E-state index contributed by atoms with van der Waals surface area (Å²) in [6.07, 6.45) is 3.56. The van der Waals surface area contributed by atoms with Crippen molar-refractivity contribution in [3.8, 4) is 0 Å². The van der Waals surface area contributed by atoms with Gasteiger partial charge in [0.2, 0.25) is 5.91 Å². The number of rotatable bonds is 8. The first kappa shape index (κ1) is 15.7. The second kappa shape index (κ2) is 9.58. The molecule has 2 N–H and O–H groups in total. The molecule has 5 heteroatoms. The van der Waals surface area contributed by atoms with E-state index in [1.165, 1.54) is 18.2 Å². The summed E-state index contributed by atoms with van der Waals surface area (Å²) in [7, 11) is 0. The zero-order valence-corrected chi connectivity index (χ0v) is 11.5. The van der Waals surface area contributed by atoms with Crippen LogP contribution in [0.3, 0.4) is 0 Å². The zero-order chi connectivity index (χ0) is 13.9. The minimum atomic E-state index is -0.342. The predicted octanol–water partition coefficient (Wildman–Crippen LogP) is 2.07. The Balaban J connectivity index is 2.22. The number of nitrogens with one attached hydrogen (secondary N) is 1. The van der Waals surface area contributed by atoms with Crippen LogP contribution in [0.15, 0.2) is 30.3 Å². The van der Waals surface area contributed by atoms with Crippen LogP contribution in [0, 0.1) is 5.82 Å². The molecule has 1 aromatic carbocycles. The van der Waals surface area contributed by atoms with E-state index in [4.69, 9.17) is 5.11 Å². The highest BCUT2D eigenvalue weighted by molar-refractivity contribution is 7.99. The van der Waals surface area contributed by atoms with Gasteiger partial charge in [0.15, 0.2) is 0 Å². The summed E-state index contributed by atoms with van der Waals surface area (Å²) >= 11 is 1.68. The highest BCUT2D eigenvalue weighted by atomic mass is 32.2. The van der Waals surface area contributed by atoms with E-state index in [0.29, 0.717) is 12.1 Å². The summed E-state index contributed by atoms with van der Waals surface area (Å²) in [4.78, 5) is 11.4. The fraction of sp³-hybridized carbons (Fsp3) is 0.357. The third kappa shape index (κ3) is 6.98. The van der Waals surface area contributed by atoms with Crippen molar-refractivity contribution in [2.24, 2.45) is 0 Å². The van der Waals surface area contributed by atoms with Crippen LogP contribution in [0.2, 0.25) is 0 Å². The van der Waals surface area contributed by atoms with Crippen molar-refractivity contribution in [3.63, 3.8) is 0 Å². The number of carbonyl (C=O) groups is 1. The molecule has 0 saturated carbocycles. The van der Waals surface area contributed by atoms with Crippen LogP contribution in [-0.2, 0) is 4.79 Å². The monoisotopic (exact) mass is 283 g/mol. The third-order valence-corrected chi connectivity index (χ3v) is 3.38. The first-order valence-electron chi connectivity index (χ1n) is 6.13. The number of amides is 1. The molecule has 1 aromatic rings. The number of halogens is 1. The minimum absolute atomic E-state index is 0.199. The molecule has 1 amide bonds. The molecular formula is C14H18FNO2S. The number of aliphatic hydroxyl groups excluding tert-OH is 1. The van der Waals surface area contributed by atoms with Crippen molar-refractivity contribution in [1.82, 2.24) is 5.32 Å². The zero-order valence-electron chi connectivity index (χ0n) is 10.6. The first-order chi connectivity index (χ1) is 9.24. The van der Waals surface area contributed by atoms with Crippen LogP contribution in [0.1, 0.15) is 12.0 Å². The topological polar surface area (TPSA) is 49.3 Å². The van der Waals surface area contributed by atoms with Crippen LogP contribution >= 0.6 is 11.8 Å². The number of hydrogen-bond donors (Lipinski definition) is 2. The molecule has 19 heavy (non-hydrogen) atoms. The van der Waals surface area contributed by atoms with E-state index in [0.717, 1.165) is 17.9 Å². The van der Waals surface area contributed by atoms with Crippen molar-refractivity contribution in [2.45, 2.75) is 6.42 Å². The van der Waals surface area contributed by atoms with Gasteiger partial charge in [-0.3, -0.25) is 4.79 Å². The smallest absolute Gasteiger partial charge is 0.244 e. The van der Waals surface area contributed by atoms with Crippen LogP contribution in [0.5, 0.6) is 0 Å². The van der Waals surface area contributed by atoms with Crippen LogP contribution in [-0.4, -0.2) is 35.7 Å².